The van der Waals surface area contributed by atoms with Gasteiger partial charge in [-0.05, 0) is 40.0 Å². The highest BCUT2D eigenvalue weighted by atomic mass is 16.6. The summed E-state index contributed by atoms with van der Waals surface area (Å²) in [5.74, 6) is -2.27. The van der Waals surface area contributed by atoms with Crippen molar-refractivity contribution in [3.8, 4) is 0 Å². The normalized spacial score (nSPS) is 40.1. The van der Waals surface area contributed by atoms with Crippen molar-refractivity contribution in [1.82, 2.24) is 0 Å². The fourth-order valence-corrected chi connectivity index (χ4v) is 6.03. The number of aliphatic hydroxyl groups is 1. The smallest absolute Gasteiger partial charge is 0.336 e. The van der Waals surface area contributed by atoms with Gasteiger partial charge in [0.25, 0.3) is 0 Å². The highest BCUT2D eigenvalue weighted by molar-refractivity contribution is 5.92. The second-order valence-electron chi connectivity index (χ2n) is 9.78. The minimum atomic E-state index is -0.681. The Bertz CT molecular complexity index is 942. The summed E-state index contributed by atoms with van der Waals surface area (Å²) in [5.41, 5.74) is -0.202. The van der Waals surface area contributed by atoms with Crippen molar-refractivity contribution in [2.24, 2.45) is 17.3 Å². The second-order valence-corrected chi connectivity index (χ2v) is 9.78. The molecule has 2 aliphatic heterocycles. The Morgan fingerprint density at radius 2 is 1.94 bits per heavy atom. The number of carbonyl (C=O) groups excluding carboxylic acids is 3. The lowest BCUT2D eigenvalue weighted by Crippen LogP contribution is -2.63. The lowest BCUT2D eigenvalue weighted by molar-refractivity contribution is -0.208. The number of rotatable bonds is 5. The van der Waals surface area contributed by atoms with Crippen LogP contribution in [0.25, 0.3) is 0 Å². The first-order valence-electron chi connectivity index (χ1n) is 11.5. The second kappa shape index (κ2) is 8.40. The molecule has 0 amide bonds. The molecule has 0 aromatic rings. The zero-order valence-electron chi connectivity index (χ0n) is 19.6. The van der Waals surface area contributed by atoms with Crippen LogP contribution in [0.4, 0.5) is 0 Å². The van der Waals surface area contributed by atoms with Crippen LogP contribution in [-0.4, -0.2) is 60.1 Å². The van der Waals surface area contributed by atoms with E-state index in [4.69, 9.17) is 18.9 Å². The number of aliphatic hydroxyl groups excluding tert-OH is 1. The van der Waals surface area contributed by atoms with Crippen LogP contribution >= 0.6 is 0 Å². The van der Waals surface area contributed by atoms with E-state index in [1.807, 2.05) is 6.92 Å². The van der Waals surface area contributed by atoms with Gasteiger partial charge in [0.15, 0.2) is 0 Å². The van der Waals surface area contributed by atoms with Gasteiger partial charge < -0.3 is 24.1 Å². The Kier molecular flexibility index (Phi) is 6.03. The summed E-state index contributed by atoms with van der Waals surface area (Å²) in [6.07, 6.45) is 3.01. The van der Waals surface area contributed by atoms with E-state index in [1.54, 1.807) is 26.8 Å². The van der Waals surface area contributed by atoms with Gasteiger partial charge in [-0.1, -0.05) is 25.7 Å². The highest BCUT2D eigenvalue weighted by Crippen LogP contribution is 2.64. The number of fused-ring (bicyclic) bond motifs is 4. The molecule has 4 rings (SSSR count). The topological polar surface area (TPSA) is 112 Å². The maximum atomic E-state index is 12.7. The lowest BCUT2D eigenvalue weighted by atomic mass is 9.51. The third kappa shape index (κ3) is 3.73. The number of hydrogen-bond acceptors (Lipinski definition) is 8. The van der Waals surface area contributed by atoms with Crippen molar-refractivity contribution in [2.75, 3.05) is 13.2 Å². The van der Waals surface area contributed by atoms with E-state index in [1.165, 1.54) is 6.08 Å². The van der Waals surface area contributed by atoms with Crippen LogP contribution in [0, 0.1) is 17.3 Å². The van der Waals surface area contributed by atoms with E-state index in [2.05, 4.69) is 6.58 Å². The van der Waals surface area contributed by atoms with E-state index in [0.29, 0.717) is 37.0 Å². The molecule has 8 heteroatoms. The van der Waals surface area contributed by atoms with Crippen LogP contribution in [0.5, 0.6) is 0 Å². The SMILES string of the molecule is C=C1C(=O)O[C@H]2[C@H]1[C@@H](OC(=O)/C(C)=C\C)C[C@@]1(C)[C@@H](OC(=O)/C(=C\C)CO)CC[C@@]3(CO3)[C@H]21. The fourth-order valence-electron chi connectivity index (χ4n) is 6.03. The van der Waals surface area contributed by atoms with Gasteiger partial charge in [-0.2, -0.15) is 0 Å². The van der Waals surface area contributed by atoms with E-state index in [-0.39, 0.29) is 11.5 Å². The van der Waals surface area contributed by atoms with Gasteiger partial charge in [0.2, 0.25) is 0 Å². The summed E-state index contributed by atoms with van der Waals surface area (Å²) in [7, 11) is 0. The molecule has 2 aliphatic carbocycles. The monoisotopic (exact) mass is 460 g/mol. The first kappa shape index (κ1) is 23.7. The zero-order valence-corrected chi connectivity index (χ0v) is 19.6. The van der Waals surface area contributed by atoms with E-state index in [0.717, 1.165) is 0 Å². The Balaban J connectivity index is 1.71. The molecule has 4 aliphatic rings. The summed E-state index contributed by atoms with van der Waals surface area (Å²) in [6.45, 7) is 11.1. The van der Waals surface area contributed by atoms with Crippen molar-refractivity contribution < 1.29 is 38.4 Å². The molecular formula is C25H32O8. The average molecular weight is 461 g/mol. The molecule has 0 bridgehead atoms. The molecule has 2 saturated carbocycles. The van der Waals surface area contributed by atoms with Gasteiger partial charge in [0.1, 0.15) is 18.3 Å². The first-order valence-corrected chi connectivity index (χ1v) is 11.5. The van der Waals surface area contributed by atoms with Crippen molar-refractivity contribution in [3.05, 3.63) is 35.5 Å². The molecule has 0 aromatic carbocycles. The fraction of sp³-hybridized carbons (Fsp3) is 0.640. The quantitative estimate of drug-likeness (QED) is 0.288. The average Bonchev–Trinajstić information content (AvgIpc) is 3.48. The number of carbonyl (C=O) groups is 3. The standard InChI is InChI=1S/C25H32O8/c1-6-13(3)21(27)31-16-10-24(5)17(32-23(29)15(7-2)11-26)8-9-25(12-30-25)20(24)19-18(16)14(4)22(28)33-19/h6-7,16-20,26H,4,8-12H2,1-3,5H3/b13-6-,15-7-/t16-,17-,18+,19-,20+,24-,25+/m0/s1. The molecular weight excluding hydrogens is 428 g/mol. The molecule has 1 spiro atoms. The van der Waals surface area contributed by atoms with E-state index in [9.17, 15) is 19.5 Å². The lowest BCUT2D eigenvalue weighted by Gasteiger charge is -2.56. The third-order valence-corrected chi connectivity index (χ3v) is 8.03. The molecule has 2 heterocycles. The predicted molar refractivity (Wildman–Crippen MR) is 117 cm³/mol. The predicted octanol–water partition coefficient (Wildman–Crippen LogP) is 2.40. The van der Waals surface area contributed by atoms with Gasteiger partial charge in [-0.25, -0.2) is 14.4 Å². The molecule has 0 radical (unpaired) electrons. The Hall–Kier alpha value is -2.45. The molecule has 4 fully saturated rings. The van der Waals surface area contributed by atoms with Gasteiger partial charge in [-0.3, -0.25) is 0 Å². The Morgan fingerprint density at radius 1 is 1.24 bits per heavy atom. The van der Waals surface area contributed by atoms with Crippen LogP contribution < -0.4 is 0 Å². The molecule has 0 unspecified atom stereocenters. The maximum absolute atomic E-state index is 12.7. The molecule has 8 nitrogen and oxygen atoms in total. The number of allylic oxidation sites excluding steroid dienone is 2. The molecule has 33 heavy (non-hydrogen) atoms. The maximum Gasteiger partial charge on any atom is 0.336 e. The van der Waals surface area contributed by atoms with E-state index >= 15 is 0 Å². The molecule has 7 atom stereocenters. The summed E-state index contributed by atoms with van der Waals surface area (Å²) >= 11 is 0. The highest BCUT2D eigenvalue weighted by Gasteiger charge is 2.72. The van der Waals surface area contributed by atoms with Crippen molar-refractivity contribution >= 4 is 17.9 Å². The number of epoxide rings is 1. The van der Waals surface area contributed by atoms with Crippen LogP contribution in [0.1, 0.15) is 47.0 Å². The largest absolute Gasteiger partial charge is 0.458 e. The number of esters is 3. The van der Waals surface area contributed by atoms with Gasteiger partial charge >= 0.3 is 17.9 Å². The molecule has 180 valence electrons. The summed E-state index contributed by atoms with van der Waals surface area (Å²) < 4.78 is 23.6. The summed E-state index contributed by atoms with van der Waals surface area (Å²) in [4.78, 5) is 37.9. The minimum Gasteiger partial charge on any atom is -0.458 e. The van der Waals surface area contributed by atoms with Crippen molar-refractivity contribution in [3.63, 3.8) is 0 Å². The van der Waals surface area contributed by atoms with Crippen molar-refractivity contribution in [2.45, 2.75) is 70.9 Å². The number of hydrogen-bond donors (Lipinski definition) is 1. The van der Waals surface area contributed by atoms with Crippen molar-refractivity contribution in [1.29, 1.82) is 0 Å². The van der Waals surface area contributed by atoms with Crippen LogP contribution in [-0.2, 0) is 33.3 Å². The molecule has 1 N–H and O–H groups in total. The Morgan fingerprint density at radius 3 is 2.52 bits per heavy atom. The van der Waals surface area contributed by atoms with Gasteiger partial charge in [0.05, 0.1) is 30.3 Å². The van der Waals surface area contributed by atoms with Crippen LogP contribution in [0.2, 0.25) is 0 Å². The Labute approximate surface area is 193 Å². The third-order valence-electron chi connectivity index (χ3n) is 8.03. The zero-order chi connectivity index (χ0) is 24.1. The van der Waals surface area contributed by atoms with Crippen LogP contribution in [0.3, 0.4) is 0 Å². The van der Waals surface area contributed by atoms with E-state index < -0.39 is 59.8 Å². The van der Waals surface area contributed by atoms with Crippen LogP contribution in [0.15, 0.2) is 35.5 Å². The summed E-state index contributed by atoms with van der Waals surface area (Å²) in [6, 6.07) is 0. The minimum absolute atomic E-state index is 0.180. The summed E-state index contributed by atoms with van der Waals surface area (Å²) in [5, 5.41) is 9.49. The first-order chi connectivity index (χ1) is 15.6. The van der Waals surface area contributed by atoms with Gasteiger partial charge in [0, 0.05) is 22.5 Å². The number of ether oxygens (including phenoxy) is 4. The van der Waals surface area contributed by atoms with Gasteiger partial charge in [-0.15, -0.1) is 0 Å². The molecule has 0 aromatic heterocycles. The molecule has 2 saturated heterocycles.